The van der Waals surface area contributed by atoms with Crippen molar-refractivity contribution in [3.8, 4) is 5.69 Å². The first-order valence-corrected chi connectivity index (χ1v) is 8.76. The number of para-hydroxylation sites is 1. The molecule has 1 aromatic carbocycles. The molecule has 1 fully saturated rings. The fourth-order valence-corrected chi connectivity index (χ4v) is 2.87. The van der Waals surface area contributed by atoms with E-state index in [-0.39, 0.29) is 12.5 Å². The molecule has 0 spiro atoms. The van der Waals surface area contributed by atoms with E-state index in [1.165, 1.54) is 0 Å². The summed E-state index contributed by atoms with van der Waals surface area (Å²) in [5, 5.41) is 16.6. The number of aliphatic carboxylic acids is 1. The lowest BCUT2D eigenvalue weighted by molar-refractivity contribution is -0.141. The zero-order chi connectivity index (χ0) is 17.8. The van der Waals surface area contributed by atoms with Crippen molar-refractivity contribution in [2.45, 2.75) is 38.5 Å². The molecule has 25 heavy (non-hydrogen) atoms. The molecule has 0 saturated heterocycles. The van der Waals surface area contributed by atoms with E-state index in [4.69, 9.17) is 0 Å². The predicted octanol–water partition coefficient (Wildman–Crippen LogP) is 2.98. The van der Waals surface area contributed by atoms with Gasteiger partial charge in [-0.05, 0) is 37.5 Å². The van der Waals surface area contributed by atoms with E-state index in [1.54, 1.807) is 4.68 Å². The maximum atomic E-state index is 12.7. The van der Waals surface area contributed by atoms with E-state index in [0.29, 0.717) is 18.0 Å². The summed E-state index contributed by atoms with van der Waals surface area (Å²) in [6.45, 7) is 2.06. The molecule has 2 aromatic rings. The highest BCUT2D eigenvalue weighted by molar-refractivity contribution is 5.93. The van der Waals surface area contributed by atoms with Crippen LogP contribution in [0, 0.1) is 5.92 Å². The Morgan fingerprint density at radius 3 is 2.64 bits per heavy atom. The summed E-state index contributed by atoms with van der Waals surface area (Å²) in [5.41, 5.74) is 2.20. The Morgan fingerprint density at radius 2 is 2.04 bits per heavy atom. The number of carbonyl (C=O) groups is 2. The first kappa shape index (κ1) is 17.2. The average Bonchev–Trinajstić information content (AvgIpc) is 3.37. The highest BCUT2D eigenvalue weighted by atomic mass is 16.4. The van der Waals surface area contributed by atoms with Gasteiger partial charge in [0.2, 0.25) is 0 Å². The number of benzene rings is 1. The number of carboxylic acids is 1. The van der Waals surface area contributed by atoms with Gasteiger partial charge in [-0.1, -0.05) is 31.5 Å². The zero-order valence-electron chi connectivity index (χ0n) is 14.3. The molecular formula is C19H23N3O3. The quantitative estimate of drug-likeness (QED) is 0.773. The van der Waals surface area contributed by atoms with Gasteiger partial charge in [0.15, 0.2) is 0 Å². The van der Waals surface area contributed by atoms with Crippen molar-refractivity contribution in [3.05, 3.63) is 47.8 Å². The van der Waals surface area contributed by atoms with Crippen LogP contribution in [0.3, 0.4) is 0 Å². The molecule has 1 amide bonds. The van der Waals surface area contributed by atoms with Gasteiger partial charge in [0.1, 0.15) is 5.69 Å². The number of nitrogens with one attached hydrogen (secondary N) is 1. The molecule has 6 nitrogen and oxygen atoms in total. The predicted molar refractivity (Wildman–Crippen MR) is 93.9 cm³/mol. The van der Waals surface area contributed by atoms with Gasteiger partial charge < -0.3 is 10.4 Å². The molecule has 6 heteroatoms. The van der Waals surface area contributed by atoms with Crippen LogP contribution < -0.4 is 5.32 Å². The standard InChI is InChI=1S/C19H23N3O3/c1-2-6-14(19(24)25)12-20-18(23)17-11-16(13-9-10-13)21-22(17)15-7-4-3-5-8-15/h3-5,7-8,11,13-14H,2,6,9-10,12H2,1H3,(H,20,23)(H,24,25). The number of hydrogen-bond donors (Lipinski definition) is 2. The highest BCUT2D eigenvalue weighted by Gasteiger charge is 2.29. The van der Waals surface area contributed by atoms with E-state index >= 15 is 0 Å². The molecule has 1 heterocycles. The van der Waals surface area contributed by atoms with Gasteiger partial charge in [-0.3, -0.25) is 9.59 Å². The molecule has 1 saturated carbocycles. The normalized spacial score (nSPS) is 14.9. The number of nitrogens with zero attached hydrogens (tertiary/aromatic N) is 2. The van der Waals surface area contributed by atoms with E-state index in [0.717, 1.165) is 30.6 Å². The zero-order valence-corrected chi connectivity index (χ0v) is 14.3. The molecule has 132 valence electrons. The van der Waals surface area contributed by atoms with Gasteiger partial charge in [-0.25, -0.2) is 4.68 Å². The summed E-state index contributed by atoms with van der Waals surface area (Å²) in [5.74, 6) is -1.30. The number of carbonyl (C=O) groups excluding carboxylic acids is 1. The molecule has 1 aromatic heterocycles. The van der Waals surface area contributed by atoms with Crippen LogP contribution in [-0.2, 0) is 4.79 Å². The van der Waals surface area contributed by atoms with Crippen molar-refractivity contribution in [1.29, 1.82) is 0 Å². The molecule has 3 rings (SSSR count). The number of carboxylic acid groups (broad SMARTS) is 1. The van der Waals surface area contributed by atoms with Crippen molar-refractivity contribution in [2.75, 3.05) is 6.54 Å². The maximum absolute atomic E-state index is 12.7. The Balaban J connectivity index is 1.80. The monoisotopic (exact) mass is 341 g/mol. The van der Waals surface area contributed by atoms with Crippen LogP contribution in [0.25, 0.3) is 5.69 Å². The summed E-state index contributed by atoms with van der Waals surface area (Å²) >= 11 is 0. The third-order valence-electron chi connectivity index (χ3n) is 4.45. The summed E-state index contributed by atoms with van der Waals surface area (Å²) in [4.78, 5) is 23.9. The third kappa shape index (κ3) is 4.07. The summed E-state index contributed by atoms with van der Waals surface area (Å²) in [7, 11) is 0. The van der Waals surface area contributed by atoms with Crippen LogP contribution in [-0.4, -0.2) is 33.3 Å². The van der Waals surface area contributed by atoms with Crippen LogP contribution in [0.4, 0.5) is 0 Å². The lowest BCUT2D eigenvalue weighted by Gasteiger charge is -2.13. The number of aromatic nitrogens is 2. The Bertz CT molecular complexity index is 751. The third-order valence-corrected chi connectivity index (χ3v) is 4.45. The van der Waals surface area contributed by atoms with Crippen LogP contribution in [0.1, 0.15) is 54.7 Å². The Hall–Kier alpha value is -2.63. The Kier molecular flexibility index (Phi) is 5.16. The minimum Gasteiger partial charge on any atom is -0.481 e. The highest BCUT2D eigenvalue weighted by Crippen LogP contribution is 2.39. The summed E-state index contributed by atoms with van der Waals surface area (Å²) in [6.07, 6.45) is 3.51. The second-order valence-electron chi connectivity index (χ2n) is 6.51. The molecule has 0 bridgehead atoms. The van der Waals surface area contributed by atoms with E-state index < -0.39 is 11.9 Å². The molecule has 1 aliphatic rings. The number of hydrogen-bond acceptors (Lipinski definition) is 3. The lowest BCUT2D eigenvalue weighted by Crippen LogP contribution is -2.34. The van der Waals surface area contributed by atoms with Gasteiger partial charge in [0, 0.05) is 12.5 Å². The molecule has 1 unspecified atom stereocenters. The van der Waals surface area contributed by atoms with Crippen molar-refractivity contribution in [2.24, 2.45) is 5.92 Å². The molecule has 1 aliphatic carbocycles. The Morgan fingerprint density at radius 1 is 1.32 bits per heavy atom. The van der Waals surface area contributed by atoms with Crippen molar-refractivity contribution < 1.29 is 14.7 Å². The van der Waals surface area contributed by atoms with Crippen LogP contribution in [0.2, 0.25) is 0 Å². The van der Waals surface area contributed by atoms with Crippen LogP contribution in [0.5, 0.6) is 0 Å². The van der Waals surface area contributed by atoms with E-state index in [1.807, 2.05) is 43.3 Å². The molecular weight excluding hydrogens is 318 g/mol. The second kappa shape index (κ2) is 7.51. The first-order valence-electron chi connectivity index (χ1n) is 8.76. The summed E-state index contributed by atoms with van der Waals surface area (Å²) < 4.78 is 1.65. The minimum atomic E-state index is -0.877. The number of rotatable bonds is 8. The smallest absolute Gasteiger partial charge is 0.308 e. The molecule has 0 aliphatic heterocycles. The van der Waals surface area contributed by atoms with Crippen LogP contribution in [0.15, 0.2) is 36.4 Å². The fourth-order valence-electron chi connectivity index (χ4n) is 2.87. The van der Waals surface area contributed by atoms with Gasteiger partial charge in [-0.2, -0.15) is 5.10 Å². The van der Waals surface area contributed by atoms with Crippen LogP contribution >= 0.6 is 0 Å². The van der Waals surface area contributed by atoms with Gasteiger partial charge in [-0.15, -0.1) is 0 Å². The first-order chi connectivity index (χ1) is 12.1. The van der Waals surface area contributed by atoms with Gasteiger partial charge in [0.25, 0.3) is 5.91 Å². The van der Waals surface area contributed by atoms with E-state index in [2.05, 4.69) is 10.4 Å². The average molecular weight is 341 g/mol. The maximum Gasteiger partial charge on any atom is 0.308 e. The largest absolute Gasteiger partial charge is 0.481 e. The second-order valence-corrected chi connectivity index (χ2v) is 6.51. The molecule has 0 radical (unpaired) electrons. The van der Waals surface area contributed by atoms with Gasteiger partial charge >= 0.3 is 5.97 Å². The molecule has 1 atom stereocenters. The Labute approximate surface area is 146 Å². The SMILES string of the molecule is CCCC(CNC(=O)c1cc(C2CC2)nn1-c1ccccc1)C(=O)O. The summed E-state index contributed by atoms with van der Waals surface area (Å²) in [6, 6.07) is 11.3. The minimum absolute atomic E-state index is 0.126. The van der Waals surface area contributed by atoms with Crippen molar-refractivity contribution in [1.82, 2.24) is 15.1 Å². The number of amides is 1. The van der Waals surface area contributed by atoms with Crippen molar-refractivity contribution >= 4 is 11.9 Å². The van der Waals surface area contributed by atoms with Gasteiger partial charge in [0.05, 0.1) is 17.3 Å². The lowest BCUT2D eigenvalue weighted by atomic mass is 10.0. The van der Waals surface area contributed by atoms with E-state index in [9.17, 15) is 14.7 Å². The fraction of sp³-hybridized carbons (Fsp3) is 0.421. The topological polar surface area (TPSA) is 84.2 Å². The van der Waals surface area contributed by atoms with Crippen molar-refractivity contribution in [3.63, 3.8) is 0 Å². The molecule has 2 N–H and O–H groups in total.